The Bertz CT molecular complexity index is 302. The Morgan fingerprint density at radius 3 is 2.23 bits per heavy atom. The third kappa shape index (κ3) is 2.07. The van der Waals surface area contributed by atoms with Crippen molar-refractivity contribution in [1.82, 2.24) is 9.78 Å². The van der Waals surface area contributed by atoms with Gasteiger partial charge in [0.15, 0.2) is 0 Å². The smallest absolute Gasteiger partial charge is 0.253 e. The molecule has 0 aliphatic rings. The van der Waals surface area contributed by atoms with Crippen molar-refractivity contribution >= 4 is 15.9 Å². The second-order valence-corrected chi connectivity index (χ2v) is 4.53. The van der Waals surface area contributed by atoms with Gasteiger partial charge in [0, 0.05) is 0 Å². The van der Waals surface area contributed by atoms with Gasteiger partial charge in [-0.1, -0.05) is 0 Å². The van der Waals surface area contributed by atoms with E-state index in [1.54, 1.807) is 0 Å². The van der Waals surface area contributed by atoms with E-state index in [-0.39, 0.29) is 11.1 Å². The van der Waals surface area contributed by atoms with Crippen molar-refractivity contribution in [2.45, 2.75) is 32.7 Å². The molecule has 74 valence electrons. The van der Waals surface area contributed by atoms with Gasteiger partial charge in [-0.05, 0) is 36.7 Å². The van der Waals surface area contributed by atoms with Crippen molar-refractivity contribution in [3.63, 3.8) is 0 Å². The molecule has 0 aromatic carbocycles. The van der Waals surface area contributed by atoms with E-state index in [0.717, 1.165) is 0 Å². The topological polar surface area (TPSA) is 17.8 Å². The molecule has 0 saturated heterocycles. The van der Waals surface area contributed by atoms with Crippen molar-refractivity contribution in [2.24, 2.45) is 0 Å². The molecule has 0 atom stereocenters. The van der Waals surface area contributed by atoms with Gasteiger partial charge >= 0.3 is 0 Å². The predicted molar refractivity (Wildman–Crippen MR) is 49.9 cm³/mol. The predicted octanol–water partition coefficient (Wildman–Crippen LogP) is 3.34. The fraction of sp³-hybridized carbons (Fsp3) is 0.625. The van der Waals surface area contributed by atoms with Gasteiger partial charge in [-0.15, -0.1) is 0 Å². The number of rotatable bonds is 1. The first-order chi connectivity index (χ1) is 5.84. The van der Waals surface area contributed by atoms with Crippen LogP contribution in [0, 0.1) is 0 Å². The average molecular weight is 253 g/mol. The largest absolute Gasteiger partial charge is 0.267 e. The lowest BCUT2D eigenvalue weighted by molar-refractivity contribution is 0.150. The first-order valence-electron chi connectivity index (χ1n) is 3.86. The Kier molecular flexibility index (Phi) is 2.75. The van der Waals surface area contributed by atoms with Gasteiger partial charge in [0.05, 0.1) is 17.3 Å². The standard InChI is InChI=1S/C8H11BrF2N2/c1-8(2,3)13-6(9)5(4-12-13)7(10)11/h4,7H,1-3H3. The molecular weight excluding hydrogens is 242 g/mol. The molecule has 0 N–H and O–H groups in total. The van der Waals surface area contributed by atoms with E-state index in [4.69, 9.17) is 0 Å². The molecule has 0 unspecified atom stereocenters. The molecule has 1 aromatic rings. The highest BCUT2D eigenvalue weighted by molar-refractivity contribution is 9.10. The van der Waals surface area contributed by atoms with Gasteiger partial charge in [0.1, 0.15) is 4.60 Å². The Labute approximate surface area is 84.1 Å². The summed E-state index contributed by atoms with van der Waals surface area (Å²) in [6.07, 6.45) is -1.29. The van der Waals surface area contributed by atoms with Gasteiger partial charge in [0.25, 0.3) is 6.43 Å². The summed E-state index contributed by atoms with van der Waals surface area (Å²) >= 11 is 3.11. The fourth-order valence-electron chi connectivity index (χ4n) is 0.960. The summed E-state index contributed by atoms with van der Waals surface area (Å²) in [5.74, 6) is 0. The van der Waals surface area contributed by atoms with Gasteiger partial charge in [-0.2, -0.15) is 5.10 Å². The molecule has 0 fully saturated rings. The minimum absolute atomic E-state index is 0.0603. The van der Waals surface area contributed by atoms with Crippen LogP contribution in [0.5, 0.6) is 0 Å². The molecule has 0 aliphatic carbocycles. The number of halogens is 3. The van der Waals surface area contributed by atoms with Crippen LogP contribution in [0.4, 0.5) is 8.78 Å². The lowest BCUT2D eigenvalue weighted by Gasteiger charge is -2.20. The maximum absolute atomic E-state index is 12.3. The van der Waals surface area contributed by atoms with E-state index in [0.29, 0.717) is 4.60 Å². The van der Waals surface area contributed by atoms with E-state index >= 15 is 0 Å². The maximum Gasteiger partial charge on any atom is 0.267 e. The third-order valence-corrected chi connectivity index (χ3v) is 2.40. The zero-order chi connectivity index (χ0) is 10.2. The highest BCUT2D eigenvalue weighted by Crippen LogP contribution is 2.30. The molecule has 1 heterocycles. The van der Waals surface area contributed by atoms with Crippen LogP contribution in [-0.4, -0.2) is 9.78 Å². The minimum atomic E-state index is -2.48. The summed E-state index contributed by atoms with van der Waals surface area (Å²) in [5, 5.41) is 3.90. The average Bonchev–Trinajstić information content (AvgIpc) is 2.28. The first kappa shape index (κ1) is 10.6. The van der Waals surface area contributed by atoms with Crippen LogP contribution in [0.2, 0.25) is 0 Å². The van der Waals surface area contributed by atoms with Gasteiger partial charge in [0.2, 0.25) is 0 Å². The highest BCUT2D eigenvalue weighted by atomic mass is 79.9. The summed E-state index contributed by atoms with van der Waals surface area (Å²) in [6, 6.07) is 0. The summed E-state index contributed by atoms with van der Waals surface area (Å²) < 4.78 is 26.6. The van der Waals surface area contributed by atoms with Crippen LogP contribution in [0.25, 0.3) is 0 Å². The van der Waals surface area contributed by atoms with E-state index in [1.165, 1.54) is 10.9 Å². The molecule has 1 rings (SSSR count). The van der Waals surface area contributed by atoms with Crippen LogP contribution in [0.15, 0.2) is 10.8 Å². The zero-order valence-electron chi connectivity index (χ0n) is 7.68. The normalized spacial score (nSPS) is 12.5. The second kappa shape index (κ2) is 3.36. The van der Waals surface area contributed by atoms with Crippen molar-refractivity contribution in [3.05, 3.63) is 16.4 Å². The monoisotopic (exact) mass is 252 g/mol. The van der Waals surface area contributed by atoms with Crippen molar-refractivity contribution in [1.29, 1.82) is 0 Å². The molecule has 1 aromatic heterocycles. The molecule has 0 bridgehead atoms. The number of alkyl halides is 2. The van der Waals surface area contributed by atoms with Crippen molar-refractivity contribution in [3.8, 4) is 0 Å². The summed E-state index contributed by atoms with van der Waals surface area (Å²) in [7, 11) is 0. The van der Waals surface area contributed by atoms with Gasteiger partial charge in [-0.25, -0.2) is 8.78 Å². The van der Waals surface area contributed by atoms with E-state index in [2.05, 4.69) is 21.0 Å². The molecule has 0 spiro atoms. The van der Waals surface area contributed by atoms with Crippen molar-refractivity contribution in [2.75, 3.05) is 0 Å². The number of hydrogen-bond donors (Lipinski definition) is 0. The Morgan fingerprint density at radius 2 is 2.00 bits per heavy atom. The molecule has 13 heavy (non-hydrogen) atoms. The van der Waals surface area contributed by atoms with E-state index in [1.807, 2.05) is 20.8 Å². The summed E-state index contributed by atoms with van der Waals surface area (Å²) in [6.45, 7) is 5.71. The summed E-state index contributed by atoms with van der Waals surface area (Å²) in [4.78, 5) is 0. The number of aromatic nitrogens is 2. The number of hydrogen-bond acceptors (Lipinski definition) is 1. The molecule has 0 saturated carbocycles. The van der Waals surface area contributed by atoms with Gasteiger partial charge < -0.3 is 0 Å². The number of nitrogens with zero attached hydrogens (tertiary/aromatic N) is 2. The maximum atomic E-state index is 12.3. The van der Waals surface area contributed by atoms with Crippen molar-refractivity contribution < 1.29 is 8.78 Å². The quantitative estimate of drug-likeness (QED) is 0.750. The van der Waals surface area contributed by atoms with Gasteiger partial charge in [-0.3, -0.25) is 4.68 Å². The second-order valence-electron chi connectivity index (χ2n) is 3.77. The molecule has 5 heteroatoms. The van der Waals surface area contributed by atoms with Crippen LogP contribution >= 0.6 is 15.9 Å². The Balaban J connectivity index is 3.14. The Morgan fingerprint density at radius 1 is 1.46 bits per heavy atom. The third-order valence-electron chi connectivity index (χ3n) is 1.61. The van der Waals surface area contributed by atoms with Crippen LogP contribution in [0.1, 0.15) is 32.8 Å². The molecular formula is C8H11BrF2N2. The molecule has 0 radical (unpaired) electrons. The lowest BCUT2D eigenvalue weighted by Crippen LogP contribution is -2.23. The lowest BCUT2D eigenvalue weighted by atomic mass is 10.1. The van der Waals surface area contributed by atoms with Crippen LogP contribution in [-0.2, 0) is 5.54 Å². The Hall–Kier alpha value is -0.450. The summed E-state index contributed by atoms with van der Waals surface area (Å²) in [5.41, 5.74) is -0.346. The van der Waals surface area contributed by atoms with E-state index in [9.17, 15) is 8.78 Å². The zero-order valence-corrected chi connectivity index (χ0v) is 9.27. The molecule has 0 aliphatic heterocycles. The van der Waals surface area contributed by atoms with Crippen LogP contribution < -0.4 is 0 Å². The van der Waals surface area contributed by atoms with E-state index < -0.39 is 6.43 Å². The molecule has 0 amide bonds. The fourth-order valence-corrected chi connectivity index (χ4v) is 1.86. The SMILES string of the molecule is CC(C)(C)n1ncc(C(F)F)c1Br. The minimum Gasteiger partial charge on any atom is -0.253 e. The molecule has 2 nitrogen and oxygen atoms in total. The van der Waals surface area contributed by atoms with Crippen LogP contribution in [0.3, 0.4) is 0 Å². The first-order valence-corrected chi connectivity index (χ1v) is 4.65. The highest BCUT2D eigenvalue weighted by Gasteiger charge is 2.22.